The lowest BCUT2D eigenvalue weighted by atomic mass is 10.1. The predicted octanol–water partition coefficient (Wildman–Crippen LogP) is 3.19. The molecule has 0 N–H and O–H groups in total. The van der Waals surface area contributed by atoms with Gasteiger partial charge in [0, 0.05) is 11.0 Å². The Kier molecular flexibility index (Phi) is 3.27. The molecule has 0 aromatic heterocycles. The third-order valence-corrected chi connectivity index (χ3v) is 4.86. The molecule has 0 radical (unpaired) electrons. The minimum Gasteiger partial charge on any atom is -0.0936 e. The molecule has 0 saturated carbocycles. The highest BCUT2D eigenvalue weighted by molar-refractivity contribution is 8.76. The van der Waals surface area contributed by atoms with Gasteiger partial charge in [0.1, 0.15) is 0 Å². The molecule has 0 amide bonds. The van der Waals surface area contributed by atoms with E-state index in [-0.39, 0.29) is 0 Å². The van der Waals surface area contributed by atoms with Crippen LogP contribution in [-0.2, 0) is 0 Å². The maximum Gasteiger partial charge on any atom is 0.0123 e. The van der Waals surface area contributed by atoms with Crippen LogP contribution in [0.15, 0.2) is 0 Å². The van der Waals surface area contributed by atoms with Gasteiger partial charge >= 0.3 is 0 Å². The molecule has 2 heteroatoms. The summed E-state index contributed by atoms with van der Waals surface area (Å²) in [4.78, 5) is 0. The highest BCUT2D eigenvalue weighted by Gasteiger charge is 2.12. The molecule has 9 heavy (non-hydrogen) atoms. The van der Waals surface area contributed by atoms with Crippen molar-refractivity contribution < 1.29 is 0 Å². The maximum absolute atomic E-state index is 2.35. The Morgan fingerprint density at radius 3 is 2.78 bits per heavy atom. The van der Waals surface area contributed by atoms with E-state index < -0.39 is 0 Å². The van der Waals surface area contributed by atoms with Crippen molar-refractivity contribution in [1.29, 1.82) is 0 Å². The molecule has 1 aliphatic heterocycles. The van der Waals surface area contributed by atoms with Gasteiger partial charge in [-0.2, -0.15) is 0 Å². The maximum atomic E-state index is 2.35. The van der Waals surface area contributed by atoms with Crippen LogP contribution in [0.4, 0.5) is 0 Å². The highest BCUT2D eigenvalue weighted by atomic mass is 33.1. The summed E-state index contributed by atoms with van der Waals surface area (Å²) in [6.45, 7) is 4.68. The molecule has 0 nitrogen and oxygen atoms in total. The van der Waals surface area contributed by atoms with Crippen molar-refractivity contribution in [2.75, 3.05) is 5.75 Å². The SMILES string of the molecule is C[C@H]1CC[C@H](C)SSC1. The van der Waals surface area contributed by atoms with Crippen LogP contribution >= 0.6 is 21.6 Å². The van der Waals surface area contributed by atoms with Crippen molar-refractivity contribution >= 4 is 21.6 Å². The van der Waals surface area contributed by atoms with E-state index in [0.717, 1.165) is 11.2 Å². The van der Waals surface area contributed by atoms with Gasteiger partial charge in [-0.05, 0) is 18.8 Å². The molecular weight excluding hydrogens is 148 g/mol. The zero-order valence-electron chi connectivity index (χ0n) is 6.09. The number of hydrogen-bond donors (Lipinski definition) is 0. The largest absolute Gasteiger partial charge is 0.0936 e. The Labute approximate surface area is 65.6 Å². The standard InChI is InChI=1S/C7H14S2/c1-6-3-4-7(2)9-8-5-6/h6-7H,3-5H2,1-2H3/t6-,7-/m0/s1. The van der Waals surface area contributed by atoms with Crippen molar-refractivity contribution in [1.82, 2.24) is 0 Å². The normalized spacial score (nSPS) is 38.0. The Morgan fingerprint density at radius 1 is 1.22 bits per heavy atom. The quantitative estimate of drug-likeness (QED) is 0.502. The average Bonchev–Trinajstić information content (AvgIpc) is 1.97. The van der Waals surface area contributed by atoms with E-state index in [2.05, 4.69) is 24.6 Å². The zero-order valence-corrected chi connectivity index (χ0v) is 7.73. The van der Waals surface area contributed by atoms with Gasteiger partial charge in [0.2, 0.25) is 0 Å². The van der Waals surface area contributed by atoms with E-state index >= 15 is 0 Å². The van der Waals surface area contributed by atoms with Gasteiger partial charge in [-0.1, -0.05) is 35.4 Å². The van der Waals surface area contributed by atoms with E-state index in [9.17, 15) is 0 Å². The van der Waals surface area contributed by atoms with E-state index in [4.69, 9.17) is 0 Å². The second-order valence-corrected chi connectivity index (χ2v) is 5.72. The monoisotopic (exact) mass is 162 g/mol. The first-order valence-corrected chi connectivity index (χ1v) is 5.95. The van der Waals surface area contributed by atoms with Crippen molar-refractivity contribution in [2.45, 2.75) is 31.9 Å². The number of hydrogen-bond acceptors (Lipinski definition) is 2. The highest BCUT2D eigenvalue weighted by Crippen LogP contribution is 2.35. The summed E-state index contributed by atoms with van der Waals surface area (Å²) in [6, 6.07) is 0. The Morgan fingerprint density at radius 2 is 2.00 bits per heavy atom. The van der Waals surface area contributed by atoms with Crippen LogP contribution in [0.1, 0.15) is 26.7 Å². The molecule has 0 spiro atoms. The van der Waals surface area contributed by atoms with Crippen LogP contribution < -0.4 is 0 Å². The van der Waals surface area contributed by atoms with Crippen LogP contribution in [0.2, 0.25) is 0 Å². The first-order valence-electron chi connectivity index (χ1n) is 3.57. The summed E-state index contributed by atoms with van der Waals surface area (Å²) in [5.41, 5.74) is 0. The van der Waals surface area contributed by atoms with Crippen molar-refractivity contribution in [3.05, 3.63) is 0 Å². The van der Waals surface area contributed by atoms with Crippen LogP contribution in [-0.4, -0.2) is 11.0 Å². The molecular formula is C7H14S2. The van der Waals surface area contributed by atoms with Crippen LogP contribution in [0.5, 0.6) is 0 Å². The Hall–Kier alpha value is 0.700. The average molecular weight is 162 g/mol. The first-order chi connectivity index (χ1) is 4.29. The van der Waals surface area contributed by atoms with Gasteiger partial charge < -0.3 is 0 Å². The van der Waals surface area contributed by atoms with Crippen molar-refractivity contribution in [3.8, 4) is 0 Å². The van der Waals surface area contributed by atoms with Gasteiger partial charge in [-0.25, -0.2) is 0 Å². The molecule has 2 atom stereocenters. The molecule has 1 rings (SSSR count). The molecule has 0 aliphatic carbocycles. The minimum absolute atomic E-state index is 0.889. The smallest absolute Gasteiger partial charge is 0.0123 e. The fourth-order valence-electron chi connectivity index (χ4n) is 0.922. The lowest BCUT2D eigenvalue weighted by Gasteiger charge is -2.03. The van der Waals surface area contributed by atoms with E-state index in [0.29, 0.717) is 0 Å². The second-order valence-electron chi connectivity index (χ2n) is 2.87. The Bertz CT molecular complexity index is 73.0. The molecule has 1 saturated heterocycles. The van der Waals surface area contributed by atoms with Crippen LogP contribution in [0.3, 0.4) is 0 Å². The molecule has 0 unspecified atom stereocenters. The van der Waals surface area contributed by atoms with E-state index in [1.165, 1.54) is 18.6 Å². The zero-order chi connectivity index (χ0) is 6.69. The Balaban J connectivity index is 2.25. The molecule has 54 valence electrons. The second kappa shape index (κ2) is 3.77. The minimum atomic E-state index is 0.889. The van der Waals surface area contributed by atoms with Crippen LogP contribution in [0.25, 0.3) is 0 Å². The molecule has 1 aliphatic rings. The fraction of sp³-hybridized carbons (Fsp3) is 1.00. The van der Waals surface area contributed by atoms with Gasteiger partial charge in [-0.15, -0.1) is 0 Å². The molecule has 0 aromatic carbocycles. The number of rotatable bonds is 0. The fourth-order valence-corrected chi connectivity index (χ4v) is 3.78. The molecule has 0 bridgehead atoms. The topological polar surface area (TPSA) is 0 Å². The summed E-state index contributed by atoms with van der Waals surface area (Å²) >= 11 is 0. The summed E-state index contributed by atoms with van der Waals surface area (Å²) in [5.74, 6) is 2.31. The summed E-state index contributed by atoms with van der Waals surface area (Å²) in [7, 11) is 4.11. The summed E-state index contributed by atoms with van der Waals surface area (Å²) in [6.07, 6.45) is 2.85. The third kappa shape index (κ3) is 2.85. The summed E-state index contributed by atoms with van der Waals surface area (Å²) in [5, 5.41) is 0.889. The lowest BCUT2D eigenvalue weighted by Crippen LogP contribution is -1.97. The molecule has 1 heterocycles. The molecule has 1 fully saturated rings. The van der Waals surface area contributed by atoms with E-state index in [1.54, 1.807) is 0 Å². The van der Waals surface area contributed by atoms with Crippen molar-refractivity contribution in [2.24, 2.45) is 5.92 Å². The lowest BCUT2D eigenvalue weighted by molar-refractivity contribution is 0.567. The van der Waals surface area contributed by atoms with Gasteiger partial charge in [0.05, 0.1) is 0 Å². The van der Waals surface area contributed by atoms with Gasteiger partial charge in [0.15, 0.2) is 0 Å². The molecule has 0 aromatic rings. The summed E-state index contributed by atoms with van der Waals surface area (Å²) < 4.78 is 0. The first kappa shape index (κ1) is 7.80. The predicted molar refractivity (Wildman–Crippen MR) is 47.9 cm³/mol. The van der Waals surface area contributed by atoms with Gasteiger partial charge in [0.25, 0.3) is 0 Å². The third-order valence-electron chi connectivity index (χ3n) is 1.65. The van der Waals surface area contributed by atoms with E-state index in [1.807, 2.05) is 10.8 Å². The van der Waals surface area contributed by atoms with Crippen molar-refractivity contribution in [3.63, 3.8) is 0 Å². The van der Waals surface area contributed by atoms with Gasteiger partial charge in [-0.3, -0.25) is 0 Å². The van der Waals surface area contributed by atoms with Crippen LogP contribution in [0, 0.1) is 5.92 Å².